The van der Waals surface area contributed by atoms with Crippen LogP contribution in [0.1, 0.15) is 58.8 Å². The van der Waals surface area contributed by atoms with Crippen LogP contribution in [-0.2, 0) is 25.6 Å². The van der Waals surface area contributed by atoms with E-state index >= 15 is 0 Å². The lowest BCUT2D eigenvalue weighted by Crippen LogP contribution is -2.46. The first-order valence-electron chi connectivity index (χ1n) is 12.1. The van der Waals surface area contributed by atoms with Gasteiger partial charge in [0.05, 0.1) is 31.9 Å². The van der Waals surface area contributed by atoms with E-state index in [9.17, 15) is 14.7 Å². The van der Waals surface area contributed by atoms with E-state index < -0.39 is 11.6 Å². The molecule has 0 spiro atoms. The van der Waals surface area contributed by atoms with Gasteiger partial charge in [-0.05, 0) is 26.2 Å². The molecule has 9 heteroatoms. The fourth-order valence-electron chi connectivity index (χ4n) is 4.92. The van der Waals surface area contributed by atoms with Gasteiger partial charge in [-0.1, -0.05) is 25.7 Å². The van der Waals surface area contributed by atoms with Crippen molar-refractivity contribution in [2.75, 3.05) is 25.1 Å². The van der Waals surface area contributed by atoms with E-state index in [-0.39, 0.29) is 17.9 Å². The molecular formula is C24H36N4O5. The summed E-state index contributed by atoms with van der Waals surface area (Å²) in [4.78, 5) is 27.9. The Labute approximate surface area is 195 Å². The number of aromatic nitrogens is 2. The number of carbonyl (C=O) groups is 2. The summed E-state index contributed by atoms with van der Waals surface area (Å²) in [6.45, 7) is 5.38. The molecule has 1 unspecified atom stereocenters. The number of anilines is 1. The first-order chi connectivity index (χ1) is 15.8. The molecule has 9 nitrogen and oxygen atoms in total. The van der Waals surface area contributed by atoms with E-state index in [1.807, 2.05) is 0 Å². The second kappa shape index (κ2) is 10.3. The highest BCUT2D eigenvalue weighted by atomic mass is 16.5. The molecule has 2 N–H and O–H groups in total. The summed E-state index contributed by atoms with van der Waals surface area (Å²) in [6.07, 6.45) is 10.1. The normalized spacial score (nSPS) is 21.4. The summed E-state index contributed by atoms with van der Waals surface area (Å²) in [5.74, 6) is 1.07. The third-order valence-electron chi connectivity index (χ3n) is 6.53. The van der Waals surface area contributed by atoms with Gasteiger partial charge in [0.2, 0.25) is 5.91 Å². The largest absolute Gasteiger partial charge is 0.492 e. The van der Waals surface area contributed by atoms with Gasteiger partial charge < -0.3 is 24.8 Å². The van der Waals surface area contributed by atoms with Crippen LogP contribution in [0, 0.1) is 5.92 Å². The second-order valence-electron chi connectivity index (χ2n) is 10.1. The topological polar surface area (TPSA) is 106 Å². The molecule has 33 heavy (non-hydrogen) atoms. The average molecular weight is 461 g/mol. The molecule has 2 fully saturated rings. The van der Waals surface area contributed by atoms with Gasteiger partial charge in [0.1, 0.15) is 17.9 Å². The molecule has 0 radical (unpaired) electrons. The first kappa shape index (κ1) is 23.8. The number of aliphatic hydroxyl groups is 1. The zero-order chi connectivity index (χ0) is 23.4. The Bertz CT molecular complexity index is 862. The monoisotopic (exact) mass is 460 g/mol. The standard InChI is InChI=1S/C24H36N4O5/c1-24(2,31)16-27-10-7-21(26-27)25-23(30)20(13-17-5-3-4-6-17)28-15-19(14-22(28)29)33-18-8-11-32-12-9-18/h7,10,14,17-18,20,31H,3-6,8-9,11-13,15-16H2,1-2H3,(H,25,26,30). The molecule has 1 saturated heterocycles. The molecule has 182 valence electrons. The van der Waals surface area contributed by atoms with Crippen LogP contribution in [0.2, 0.25) is 0 Å². The Hall–Kier alpha value is -2.39. The lowest BCUT2D eigenvalue weighted by atomic mass is 9.96. The number of hydrogen-bond donors (Lipinski definition) is 2. The van der Waals surface area contributed by atoms with Gasteiger partial charge in [0.15, 0.2) is 5.82 Å². The number of amides is 2. The van der Waals surface area contributed by atoms with E-state index in [4.69, 9.17) is 9.47 Å². The van der Waals surface area contributed by atoms with Crippen molar-refractivity contribution in [3.05, 3.63) is 24.1 Å². The number of rotatable bonds is 9. The van der Waals surface area contributed by atoms with Crippen LogP contribution in [0.5, 0.6) is 0 Å². The Morgan fingerprint density at radius 2 is 2.03 bits per heavy atom. The van der Waals surface area contributed by atoms with Gasteiger partial charge in [0.25, 0.3) is 5.91 Å². The summed E-state index contributed by atoms with van der Waals surface area (Å²) in [5, 5.41) is 17.3. The van der Waals surface area contributed by atoms with Crippen molar-refractivity contribution in [3.63, 3.8) is 0 Å². The molecule has 0 bridgehead atoms. The summed E-state index contributed by atoms with van der Waals surface area (Å²) in [7, 11) is 0. The molecule has 1 aromatic rings. The van der Waals surface area contributed by atoms with E-state index in [1.165, 1.54) is 18.9 Å². The summed E-state index contributed by atoms with van der Waals surface area (Å²) < 4.78 is 13.1. The molecule has 1 aliphatic carbocycles. The first-order valence-corrected chi connectivity index (χ1v) is 12.1. The second-order valence-corrected chi connectivity index (χ2v) is 10.1. The smallest absolute Gasteiger partial charge is 0.251 e. The predicted octanol–water partition coefficient (Wildman–Crippen LogP) is 2.46. The van der Waals surface area contributed by atoms with Crippen molar-refractivity contribution in [1.82, 2.24) is 14.7 Å². The molecule has 0 aromatic carbocycles. The maximum absolute atomic E-state index is 13.3. The van der Waals surface area contributed by atoms with E-state index in [0.717, 1.165) is 25.7 Å². The number of ether oxygens (including phenoxy) is 2. The molecule has 1 atom stereocenters. The molecule has 1 aromatic heterocycles. The van der Waals surface area contributed by atoms with Crippen molar-refractivity contribution in [1.29, 1.82) is 0 Å². The van der Waals surface area contributed by atoms with Crippen molar-refractivity contribution in [2.24, 2.45) is 5.92 Å². The minimum Gasteiger partial charge on any atom is -0.492 e. The molecule has 3 aliphatic rings. The van der Waals surface area contributed by atoms with Gasteiger partial charge >= 0.3 is 0 Å². The predicted molar refractivity (Wildman–Crippen MR) is 122 cm³/mol. The average Bonchev–Trinajstić information content (AvgIpc) is 3.48. The van der Waals surface area contributed by atoms with Crippen molar-refractivity contribution >= 4 is 17.6 Å². The van der Waals surface area contributed by atoms with Gasteiger partial charge in [-0.3, -0.25) is 14.3 Å². The van der Waals surface area contributed by atoms with Gasteiger partial charge in [-0.15, -0.1) is 0 Å². The molecule has 2 aliphatic heterocycles. The van der Waals surface area contributed by atoms with E-state index in [1.54, 1.807) is 35.7 Å². The quantitative estimate of drug-likeness (QED) is 0.586. The van der Waals surface area contributed by atoms with E-state index in [0.29, 0.717) is 50.2 Å². The zero-order valence-electron chi connectivity index (χ0n) is 19.7. The Morgan fingerprint density at radius 1 is 1.30 bits per heavy atom. The summed E-state index contributed by atoms with van der Waals surface area (Å²) in [5.41, 5.74) is -0.910. The lowest BCUT2D eigenvalue weighted by molar-refractivity contribution is -0.134. The highest BCUT2D eigenvalue weighted by Crippen LogP contribution is 2.32. The number of nitrogens with one attached hydrogen (secondary N) is 1. The number of hydrogen-bond acceptors (Lipinski definition) is 6. The van der Waals surface area contributed by atoms with E-state index in [2.05, 4.69) is 10.4 Å². The number of nitrogens with zero attached hydrogens (tertiary/aromatic N) is 3. The molecule has 2 amide bonds. The fourth-order valence-corrected chi connectivity index (χ4v) is 4.92. The van der Waals surface area contributed by atoms with Gasteiger partial charge in [-0.2, -0.15) is 5.10 Å². The molecule has 3 heterocycles. The Morgan fingerprint density at radius 3 is 2.73 bits per heavy atom. The third-order valence-corrected chi connectivity index (χ3v) is 6.53. The minimum absolute atomic E-state index is 0.0552. The highest BCUT2D eigenvalue weighted by molar-refractivity contribution is 5.99. The van der Waals surface area contributed by atoms with Crippen LogP contribution < -0.4 is 5.32 Å². The van der Waals surface area contributed by atoms with Crippen molar-refractivity contribution < 1.29 is 24.2 Å². The Kier molecular flexibility index (Phi) is 7.38. The fraction of sp³-hybridized carbons (Fsp3) is 0.708. The SMILES string of the molecule is CC(C)(O)Cn1ccc(NC(=O)C(CC2CCCC2)N2CC(OC3CCOCC3)=CC2=O)n1. The van der Waals surface area contributed by atoms with Crippen molar-refractivity contribution in [3.8, 4) is 0 Å². The molecule has 1 saturated carbocycles. The maximum atomic E-state index is 13.3. The highest BCUT2D eigenvalue weighted by Gasteiger charge is 2.37. The van der Waals surface area contributed by atoms with Crippen molar-refractivity contribution in [2.45, 2.75) is 83.1 Å². The maximum Gasteiger partial charge on any atom is 0.251 e. The van der Waals surface area contributed by atoms with Crippen LogP contribution in [0.25, 0.3) is 0 Å². The Balaban J connectivity index is 1.42. The lowest BCUT2D eigenvalue weighted by Gasteiger charge is -2.30. The number of carbonyl (C=O) groups excluding carboxylic acids is 2. The minimum atomic E-state index is -0.910. The summed E-state index contributed by atoms with van der Waals surface area (Å²) >= 11 is 0. The summed E-state index contributed by atoms with van der Waals surface area (Å²) in [6, 6.07) is 1.13. The van der Waals surface area contributed by atoms with Crippen LogP contribution in [0.3, 0.4) is 0 Å². The van der Waals surface area contributed by atoms with Crippen LogP contribution in [-0.4, -0.2) is 69.1 Å². The van der Waals surface area contributed by atoms with Crippen LogP contribution >= 0.6 is 0 Å². The molecular weight excluding hydrogens is 424 g/mol. The van der Waals surface area contributed by atoms with Gasteiger partial charge in [0, 0.05) is 31.2 Å². The molecule has 4 rings (SSSR count). The van der Waals surface area contributed by atoms with Crippen LogP contribution in [0.15, 0.2) is 24.1 Å². The van der Waals surface area contributed by atoms with Gasteiger partial charge in [-0.25, -0.2) is 0 Å². The third kappa shape index (κ3) is 6.57. The van der Waals surface area contributed by atoms with Crippen LogP contribution in [0.4, 0.5) is 5.82 Å². The zero-order valence-corrected chi connectivity index (χ0v) is 19.7.